The van der Waals surface area contributed by atoms with Gasteiger partial charge >= 0.3 is 0 Å². The number of thiophene rings is 1. The van der Waals surface area contributed by atoms with E-state index in [0.29, 0.717) is 11.1 Å². The van der Waals surface area contributed by atoms with Gasteiger partial charge in [0.25, 0.3) is 0 Å². The fourth-order valence-electron chi connectivity index (χ4n) is 3.42. The van der Waals surface area contributed by atoms with Crippen molar-refractivity contribution in [2.45, 2.75) is 0 Å². The molecule has 0 aliphatic carbocycles. The Bertz CT molecular complexity index is 894. The minimum atomic E-state index is 0.236. The van der Waals surface area contributed by atoms with Crippen molar-refractivity contribution < 1.29 is 5.11 Å². The van der Waals surface area contributed by atoms with Crippen LogP contribution < -0.4 is 10.2 Å². The summed E-state index contributed by atoms with van der Waals surface area (Å²) in [4.78, 5) is 2.42. The van der Waals surface area contributed by atoms with Crippen molar-refractivity contribution in [3.8, 4) is 17.0 Å². The van der Waals surface area contributed by atoms with Gasteiger partial charge in [-0.3, -0.25) is 0 Å². The molecule has 1 aromatic carbocycles. The monoisotopic (exact) mass is 324 g/mol. The number of hydrogen-bond donors (Lipinski definition) is 2. The number of hydrogen-bond acceptors (Lipinski definition) is 6. The summed E-state index contributed by atoms with van der Waals surface area (Å²) in [6.45, 7) is 4.55. The molecule has 23 heavy (non-hydrogen) atoms. The first-order valence-corrected chi connectivity index (χ1v) is 8.55. The van der Waals surface area contributed by atoms with Crippen LogP contribution in [0.25, 0.3) is 21.5 Å². The van der Waals surface area contributed by atoms with Gasteiger partial charge in [-0.25, -0.2) is 0 Å². The largest absolute Gasteiger partial charge is 0.507 e. The molecule has 2 aromatic heterocycles. The first kappa shape index (κ1) is 13.3. The van der Waals surface area contributed by atoms with Crippen molar-refractivity contribution >= 4 is 26.6 Å². The number of phenols is 1. The minimum absolute atomic E-state index is 0.236. The second-order valence-electron chi connectivity index (χ2n) is 6.54. The van der Waals surface area contributed by atoms with Gasteiger partial charge in [0, 0.05) is 43.2 Å². The van der Waals surface area contributed by atoms with E-state index in [1.165, 1.54) is 5.00 Å². The van der Waals surface area contributed by atoms with E-state index < -0.39 is 0 Å². The van der Waals surface area contributed by atoms with E-state index in [-0.39, 0.29) is 5.75 Å². The SMILES string of the molecule is Oc1ccccc1-c1cc2sc(N3CC4(CNC4)C3)cc2nn1. The maximum Gasteiger partial charge on any atom is 0.125 e. The Hall–Kier alpha value is -2.18. The van der Waals surface area contributed by atoms with E-state index in [9.17, 15) is 5.11 Å². The summed E-state index contributed by atoms with van der Waals surface area (Å²) in [5.74, 6) is 0.236. The molecule has 1 spiro atoms. The van der Waals surface area contributed by atoms with Crippen molar-refractivity contribution in [1.82, 2.24) is 15.5 Å². The fraction of sp³-hybridized carbons (Fsp3) is 0.294. The second kappa shape index (κ2) is 4.66. The standard InChI is InChI=1S/C17H16N4OS/c22-14-4-2-1-3-11(14)12-5-15-13(20-19-12)6-16(23-15)21-9-17(10-21)7-18-8-17/h1-6,18,22H,7-10H2. The smallest absolute Gasteiger partial charge is 0.125 e. The Balaban J connectivity index is 1.48. The zero-order valence-electron chi connectivity index (χ0n) is 12.5. The molecule has 3 aromatic rings. The van der Waals surface area contributed by atoms with Gasteiger partial charge in [0.05, 0.1) is 15.4 Å². The quantitative estimate of drug-likeness (QED) is 0.758. The van der Waals surface area contributed by atoms with Gasteiger partial charge < -0.3 is 15.3 Å². The first-order chi connectivity index (χ1) is 11.2. The van der Waals surface area contributed by atoms with E-state index >= 15 is 0 Å². The Labute approximate surface area is 137 Å². The lowest BCUT2D eigenvalue weighted by Crippen LogP contribution is -2.71. The predicted molar refractivity (Wildman–Crippen MR) is 92.0 cm³/mol. The van der Waals surface area contributed by atoms with E-state index in [0.717, 1.165) is 42.0 Å². The third-order valence-electron chi connectivity index (χ3n) is 4.80. The molecule has 2 N–H and O–H groups in total. The molecule has 0 atom stereocenters. The number of rotatable bonds is 2. The number of benzene rings is 1. The predicted octanol–water partition coefficient (Wildman–Crippen LogP) is 2.47. The minimum Gasteiger partial charge on any atom is -0.507 e. The van der Waals surface area contributed by atoms with Gasteiger partial charge in [0.1, 0.15) is 11.3 Å². The van der Waals surface area contributed by atoms with Crippen LogP contribution in [0.2, 0.25) is 0 Å². The molecule has 5 nitrogen and oxygen atoms in total. The van der Waals surface area contributed by atoms with Crippen LogP contribution in [0.4, 0.5) is 5.00 Å². The Morgan fingerprint density at radius 2 is 1.96 bits per heavy atom. The number of nitrogens with zero attached hydrogens (tertiary/aromatic N) is 3. The molecule has 6 heteroatoms. The van der Waals surface area contributed by atoms with Crippen LogP contribution in [0.3, 0.4) is 0 Å². The van der Waals surface area contributed by atoms with E-state index in [1.54, 1.807) is 17.4 Å². The highest BCUT2D eigenvalue weighted by atomic mass is 32.1. The van der Waals surface area contributed by atoms with Crippen LogP contribution in [0, 0.1) is 5.41 Å². The topological polar surface area (TPSA) is 61.3 Å². The molecule has 2 aliphatic rings. The molecule has 0 bridgehead atoms. The number of anilines is 1. The van der Waals surface area contributed by atoms with Crippen LogP contribution in [0.15, 0.2) is 36.4 Å². The normalized spacial score (nSPS) is 18.9. The molecule has 0 amide bonds. The number of nitrogens with one attached hydrogen (secondary N) is 1. The molecule has 116 valence electrons. The maximum absolute atomic E-state index is 9.99. The number of phenolic OH excluding ortho intramolecular Hbond substituents is 1. The van der Waals surface area contributed by atoms with Gasteiger partial charge in [-0.1, -0.05) is 12.1 Å². The van der Waals surface area contributed by atoms with Crippen molar-refractivity contribution in [2.75, 3.05) is 31.1 Å². The zero-order valence-corrected chi connectivity index (χ0v) is 13.3. The summed E-state index contributed by atoms with van der Waals surface area (Å²) in [7, 11) is 0. The van der Waals surface area contributed by atoms with Crippen LogP contribution in [0.5, 0.6) is 5.75 Å². The highest BCUT2D eigenvalue weighted by Gasteiger charge is 2.47. The molecule has 2 fully saturated rings. The van der Waals surface area contributed by atoms with Crippen molar-refractivity contribution in [2.24, 2.45) is 5.41 Å². The molecule has 0 unspecified atom stereocenters. The van der Waals surface area contributed by atoms with Crippen molar-refractivity contribution in [1.29, 1.82) is 0 Å². The average molecular weight is 324 g/mol. The molecular weight excluding hydrogens is 308 g/mol. The summed E-state index contributed by atoms with van der Waals surface area (Å²) in [6, 6.07) is 11.4. The summed E-state index contributed by atoms with van der Waals surface area (Å²) in [5.41, 5.74) is 2.88. The van der Waals surface area contributed by atoms with Gasteiger partial charge in [0.15, 0.2) is 0 Å². The summed E-state index contributed by atoms with van der Waals surface area (Å²) < 4.78 is 1.11. The third-order valence-corrected chi connectivity index (χ3v) is 5.94. The molecule has 2 aliphatic heterocycles. The van der Waals surface area contributed by atoms with E-state index in [1.807, 2.05) is 24.3 Å². The number of aromatic nitrogens is 2. The maximum atomic E-state index is 9.99. The molecular formula is C17H16N4OS. The average Bonchev–Trinajstić information content (AvgIpc) is 2.87. The van der Waals surface area contributed by atoms with Gasteiger partial charge in [-0.2, -0.15) is 0 Å². The number of para-hydroxylation sites is 1. The van der Waals surface area contributed by atoms with Crippen LogP contribution >= 0.6 is 11.3 Å². The molecule has 2 saturated heterocycles. The third kappa shape index (κ3) is 2.02. The first-order valence-electron chi connectivity index (χ1n) is 7.74. The van der Waals surface area contributed by atoms with Crippen molar-refractivity contribution in [3.05, 3.63) is 36.4 Å². The zero-order chi connectivity index (χ0) is 15.4. The van der Waals surface area contributed by atoms with Crippen LogP contribution in [0.1, 0.15) is 0 Å². The number of fused-ring (bicyclic) bond motifs is 1. The lowest BCUT2D eigenvalue weighted by Gasteiger charge is -2.56. The summed E-state index contributed by atoms with van der Waals surface area (Å²) >= 11 is 1.75. The van der Waals surface area contributed by atoms with E-state index in [2.05, 4.69) is 26.5 Å². The second-order valence-corrected chi connectivity index (χ2v) is 7.60. The molecule has 5 rings (SSSR count). The van der Waals surface area contributed by atoms with Gasteiger partial charge in [-0.05, 0) is 18.2 Å². The highest BCUT2D eigenvalue weighted by Crippen LogP contribution is 2.42. The van der Waals surface area contributed by atoms with Crippen LogP contribution in [-0.4, -0.2) is 41.5 Å². The number of aromatic hydroxyl groups is 1. The Morgan fingerprint density at radius 3 is 2.70 bits per heavy atom. The van der Waals surface area contributed by atoms with Crippen molar-refractivity contribution in [3.63, 3.8) is 0 Å². The lowest BCUT2D eigenvalue weighted by molar-refractivity contribution is 0.122. The Morgan fingerprint density at radius 1 is 1.13 bits per heavy atom. The molecule has 4 heterocycles. The summed E-state index contributed by atoms with van der Waals surface area (Å²) in [6.07, 6.45) is 0. The molecule has 0 radical (unpaired) electrons. The Kier molecular flexibility index (Phi) is 2.69. The molecule has 0 saturated carbocycles. The van der Waals surface area contributed by atoms with E-state index in [4.69, 9.17) is 0 Å². The van der Waals surface area contributed by atoms with Crippen LogP contribution in [-0.2, 0) is 0 Å². The highest BCUT2D eigenvalue weighted by molar-refractivity contribution is 7.22. The van der Waals surface area contributed by atoms with Gasteiger partial charge in [-0.15, -0.1) is 21.5 Å². The summed E-state index contributed by atoms with van der Waals surface area (Å²) in [5, 5.41) is 23.2. The fourth-order valence-corrected chi connectivity index (χ4v) is 4.45. The lowest BCUT2D eigenvalue weighted by atomic mass is 9.75. The van der Waals surface area contributed by atoms with Gasteiger partial charge in [0.2, 0.25) is 0 Å².